The largest absolute Gasteiger partial charge is 0.445 e. The van der Waals surface area contributed by atoms with Crippen LogP contribution in [0.1, 0.15) is 17.5 Å². The molecule has 5 heteroatoms. The van der Waals surface area contributed by atoms with E-state index in [1.807, 2.05) is 36.4 Å². The summed E-state index contributed by atoms with van der Waals surface area (Å²) in [6, 6.07) is 20.4. The lowest BCUT2D eigenvalue weighted by Crippen LogP contribution is -2.35. The van der Waals surface area contributed by atoms with Crippen LogP contribution in [0.5, 0.6) is 0 Å². The highest BCUT2D eigenvalue weighted by Crippen LogP contribution is 2.61. The highest BCUT2D eigenvalue weighted by Gasteiger charge is 2.65. The van der Waals surface area contributed by atoms with Crippen molar-refractivity contribution in [3.8, 4) is 0 Å². The summed E-state index contributed by atoms with van der Waals surface area (Å²) in [7, 11) is 0. The second-order valence-electron chi connectivity index (χ2n) is 7.03. The average Bonchev–Trinajstić information content (AvgIpc) is 3.35. The van der Waals surface area contributed by atoms with Gasteiger partial charge in [-0.25, -0.2) is 4.79 Å². The molecule has 4 nitrogen and oxygen atoms in total. The van der Waals surface area contributed by atoms with E-state index < -0.39 is 0 Å². The summed E-state index contributed by atoms with van der Waals surface area (Å²) in [5, 5.41) is 6.51. The summed E-state index contributed by atoms with van der Waals surface area (Å²) in [5.41, 5.74) is 2.38. The van der Waals surface area contributed by atoms with Gasteiger partial charge in [-0.15, -0.1) is 12.4 Å². The Morgan fingerprint density at radius 1 is 1.08 bits per heavy atom. The molecule has 1 heterocycles. The standard InChI is InChI=1S/C21H24N2O2.ClH/c24-20(25-14-16-7-3-1-4-8-16)23-15-21(17-9-5-2-6-10-17)18-11-12-22-13-19(18)21;/h1-10,18-19,22H,11-15H2,(H,23,24);1H. The number of halogens is 1. The van der Waals surface area contributed by atoms with Gasteiger partial charge in [0.05, 0.1) is 0 Å². The van der Waals surface area contributed by atoms with Crippen LogP contribution in [-0.2, 0) is 16.8 Å². The number of rotatable bonds is 5. The topological polar surface area (TPSA) is 50.4 Å². The molecule has 2 aromatic carbocycles. The molecule has 3 atom stereocenters. The Morgan fingerprint density at radius 2 is 1.77 bits per heavy atom. The van der Waals surface area contributed by atoms with Crippen molar-refractivity contribution >= 4 is 18.5 Å². The number of ether oxygens (including phenoxy) is 1. The Bertz CT molecular complexity index is 711. The number of carbonyl (C=O) groups is 1. The number of carbonyl (C=O) groups excluding carboxylic acids is 1. The Hall–Kier alpha value is -2.04. The van der Waals surface area contributed by atoms with E-state index in [1.54, 1.807) is 0 Å². The third-order valence-electron chi connectivity index (χ3n) is 5.75. The van der Waals surface area contributed by atoms with Crippen molar-refractivity contribution in [1.82, 2.24) is 10.6 Å². The van der Waals surface area contributed by atoms with Gasteiger partial charge in [0.15, 0.2) is 0 Å². The summed E-state index contributed by atoms with van der Waals surface area (Å²) in [6.07, 6.45) is 0.830. The highest BCUT2D eigenvalue weighted by atomic mass is 35.5. The molecule has 4 rings (SSSR count). The predicted molar refractivity (Wildman–Crippen MR) is 104 cm³/mol. The molecular formula is C21H25ClN2O2. The van der Waals surface area contributed by atoms with Crippen molar-refractivity contribution in [2.45, 2.75) is 18.4 Å². The van der Waals surface area contributed by atoms with Gasteiger partial charge in [-0.3, -0.25) is 0 Å². The lowest BCUT2D eigenvalue weighted by Gasteiger charge is -2.19. The summed E-state index contributed by atoms with van der Waals surface area (Å²) in [6.45, 7) is 3.04. The van der Waals surface area contributed by atoms with Crippen molar-refractivity contribution in [2.24, 2.45) is 11.8 Å². The number of benzene rings is 2. The minimum atomic E-state index is -0.337. The molecule has 138 valence electrons. The van der Waals surface area contributed by atoms with Crippen molar-refractivity contribution in [1.29, 1.82) is 0 Å². The maximum Gasteiger partial charge on any atom is 0.407 e. The fourth-order valence-electron chi connectivity index (χ4n) is 4.44. The highest BCUT2D eigenvalue weighted by molar-refractivity contribution is 5.85. The average molecular weight is 373 g/mol. The number of hydrogen-bond acceptors (Lipinski definition) is 3. The van der Waals surface area contributed by atoms with E-state index in [4.69, 9.17) is 4.74 Å². The van der Waals surface area contributed by atoms with Crippen molar-refractivity contribution in [3.63, 3.8) is 0 Å². The molecule has 1 aliphatic carbocycles. The minimum Gasteiger partial charge on any atom is -0.445 e. The number of nitrogens with one attached hydrogen (secondary N) is 2. The third-order valence-corrected chi connectivity index (χ3v) is 5.75. The van der Waals surface area contributed by atoms with Crippen LogP contribution in [0.25, 0.3) is 0 Å². The van der Waals surface area contributed by atoms with E-state index >= 15 is 0 Å². The van der Waals surface area contributed by atoms with Crippen LogP contribution in [0.2, 0.25) is 0 Å². The van der Waals surface area contributed by atoms with Gasteiger partial charge in [0.2, 0.25) is 0 Å². The molecule has 1 saturated carbocycles. The molecule has 1 saturated heterocycles. The maximum atomic E-state index is 12.2. The fraction of sp³-hybridized carbons (Fsp3) is 0.381. The Kier molecular flexibility index (Phi) is 5.84. The second kappa shape index (κ2) is 8.11. The van der Waals surface area contributed by atoms with Crippen LogP contribution < -0.4 is 10.6 Å². The molecule has 2 aliphatic rings. The zero-order valence-electron chi connectivity index (χ0n) is 14.7. The van der Waals surface area contributed by atoms with Gasteiger partial charge in [-0.1, -0.05) is 60.7 Å². The van der Waals surface area contributed by atoms with Gasteiger partial charge < -0.3 is 15.4 Å². The number of amides is 1. The first-order valence-electron chi connectivity index (χ1n) is 9.01. The first-order valence-corrected chi connectivity index (χ1v) is 9.01. The molecule has 3 unspecified atom stereocenters. The molecule has 0 radical (unpaired) electrons. The van der Waals surface area contributed by atoms with Crippen LogP contribution in [0.15, 0.2) is 60.7 Å². The molecule has 1 amide bonds. The van der Waals surface area contributed by atoms with Crippen LogP contribution >= 0.6 is 12.4 Å². The quantitative estimate of drug-likeness (QED) is 0.844. The van der Waals surface area contributed by atoms with E-state index in [1.165, 1.54) is 12.0 Å². The van der Waals surface area contributed by atoms with Gasteiger partial charge in [-0.2, -0.15) is 0 Å². The van der Waals surface area contributed by atoms with Crippen LogP contribution in [0.3, 0.4) is 0 Å². The Balaban J connectivity index is 0.00000196. The molecular weight excluding hydrogens is 348 g/mol. The SMILES string of the molecule is Cl.O=C(NCC1(c2ccccc2)C2CCNCC21)OCc1ccccc1. The molecule has 2 N–H and O–H groups in total. The molecule has 0 spiro atoms. The Morgan fingerprint density at radius 3 is 2.42 bits per heavy atom. The molecule has 0 aromatic heterocycles. The van der Waals surface area contributed by atoms with E-state index in [0.29, 0.717) is 25.0 Å². The van der Waals surface area contributed by atoms with Crippen LogP contribution in [0, 0.1) is 11.8 Å². The molecule has 0 bridgehead atoms. The number of hydrogen-bond donors (Lipinski definition) is 2. The van der Waals surface area contributed by atoms with E-state index in [0.717, 1.165) is 18.7 Å². The molecule has 26 heavy (non-hydrogen) atoms. The zero-order valence-corrected chi connectivity index (χ0v) is 15.5. The lowest BCUT2D eigenvalue weighted by molar-refractivity contribution is 0.138. The van der Waals surface area contributed by atoms with E-state index in [-0.39, 0.29) is 23.9 Å². The summed E-state index contributed by atoms with van der Waals surface area (Å²) in [4.78, 5) is 12.2. The third kappa shape index (κ3) is 3.57. The monoisotopic (exact) mass is 372 g/mol. The number of fused-ring (bicyclic) bond motifs is 1. The second-order valence-corrected chi connectivity index (χ2v) is 7.03. The van der Waals surface area contributed by atoms with Crippen LogP contribution in [0.4, 0.5) is 4.79 Å². The van der Waals surface area contributed by atoms with Crippen molar-refractivity contribution in [3.05, 3.63) is 71.8 Å². The van der Waals surface area contributed by atoms with Crippen molar-refractivity contribution in [2.75, 3.05) is 19.6 Å². The molecule has 2 fully saturated rings. The Labute approximate surface area is 160 Å². The van der Waals surface area contributed by atoms with E-state index in [2.05, 4.69) is 34.9 Å². The summed E-state index contributed by atoms with van der Waals surface area (Å²) < 4.78 is 5.37. The van der Waals surface area contributed by atoms with Gasteiger partial charge in [-0.05, 0) is 42.5 Å². The van der Waals surface area contributed by atoms with Gasteiger partial charge in [0.25, 0.3) is 0 Å². The van der Waals surface area contributed by atoms with Crippen molar-refractivity contribution < 1.29 is 9.53 Å². The van der Waals surface area contributed by atoms with Gasteiger partial charge in [0.1, 0.15) is 6.61 Å². The lowest BCUT2D eigenvalue weighted by atomic mass is 9.91. The smallest absolute Gasteiger partial charge is 0.407 e. The fourth-order valence-corrected chi connectivity index (χ4v) is 4.44. The van der Waals surface area contributed by atoms with Gasteiger partial charge >= 0.3 is 6.09 Å². The number of alkyl carbamates (subject to hydrolysis) is 1. The normalized spacial score (nSPS) is 26.2. The summed E-state index contributed by atoms with van der Waals surface area (Å²) >= 11 is 0. The number of piperidine rings is 1. The first kappa shape index (κ1) is 18.7. The molecule has 2 aromatic rings. The zero-order chi connectivity index (χ0) is 17.1. The van der Waals surface area contributed by atoms with Crippen LogP contribution in [-0.4, -0.2) is 25.7 Å². The maximum absolute atomic E-state index is 12.2. The minimum absolute atomic E-state index is 0. The predicted octanol–water partition coefficient (Wildman–Crippen LogP) is 3.51. The molecule has 1 aliphatic heterocycles. The first-order chi connectivity index (χ1) is 12.3. The summed E-state index contributed by atoms with van der Waals surface area (Å²) in [5.74, 6) is 1.24. The van der Waals surface area contributed by atoms with Gasteiger partial charge in [0, 0.05) is 12.0 Å². The van der Waals surface area contributed by atoms with E-state index in [9.17, 15) is 4.79 Å².